The number of hydrogen-bond acceptors (Lipinski definition) is 3. The number of hydrogen-bond donors (Lipinski definition) is 2. The SMILES string of the molecule is N#Cc1ccc(NC(=O)CCC2CCCCN2)cc1. The number of carbonyl (C=O) groups excluding carboxylic acids is 1. The Kier molecular flexibility index (Phi) is 4.93. The second-order valence-corrected chi connectivity index (χ2v) is 4.92. The smallest absolute Gasteiger partial charge is 0.224 e. The van der Waals surface area contributed by atoms with Crippen LogP contribution in [-0.2, 0) is 4.79 Å². The topological polar surface area (TPSA) is 64.9 Å². The molecule has 0 bridgehead atoms. The van der Waals surface area contributed by atoms with Gasteiger partial charge in [-0.2, -0.15) is 5.26 Å². The zero-order valence-corrected chi connectivity index (χ0v) is 11.0. The molecule has 1 amide bonds. The van der Waals surface area contributed by atoms with Gasteiger partial charge in [0, 0.05) is 18.2 Å². The van der Waals surface area contributed by atoms with E-state index >= 15 is 0 Å². The molecule has 100 valence electrons. The summed E-state index contributed by atoms with van der Waals surface area (Å²) in [6.45, 7) is 1.07. The summed E-state index contributed by atoms with van der Waals surface area (Å²) in [5.74, 6) is 0.0390. The molecule has 1 fully saturated rings. The number of piperidine rings is 1. The molecule has 1 saturated heterocycles. The van der Waals surface area contributed by atoms with Crippen molar-refractivity contribution in [3.05, 3.63) is 29.8 Å². The summed E-state index contributed by atoms with van der Waals surface area (Å²) in [5, 5.41) is 15.0. The first-order valence-corrected chi connectivity index (χ1v) is 6.81. The van der Waals surface area contributed by atoms with E-state index in [0.717, 1.165) is 18.7 Å². The summed E-state index contributed by atoms with van der Waals surface area (Å²) >= 11 is 0. The van der Waals surface area contributed by atoms with Crippen molar-refractivity contribution in [2.45, 2.75) is 38.1 Å². The van der Waals surface area contributed by atoms with Gasteiger partial charge in [0.15, 0.2) is 0 Å². The van der Waals surface area contributed by atoms with E-state index in [1.807, 2.05) is 0 Å². The Balaban J connectivity index is 1.75. The Morgan fingerprint density at radius 1 is 1.37 bits per heavy atom. The van der Waals surface area contributed by atoms with Gasteiger partial charge >= 0.3 is 0 Å². The number of anilines is 1. The van der Waals surface area contributed by atoms with Crippen molar-refractivity contribution in [1.82, 2.24) is 5.32 Å². The number of nitrogens with one attached hydrogen (secondary N) is 2. The van der Waals surface area contributed by atoms with Crippen molar-refractivity contribution in [3.63, 3.8) is 0 Å². The lowest BCUT2D eigenvalue weighted by atomic mass is 10.0. The second kappa shape index (κ2) is 6.91. The third-order valence-electron chi connectivity index (χ3n) is 3.43. The van der Waals surface area contributed by atoms with E-state index in [4.69, 9.17) is 5.26 Å². The molecule has 1 aromatic rings. The molecule has 2 rings (SSSR count). The van der Waals surface area contributed by atoms with Crippen LogP contribution in [0.15, 0.2) is 24.3 Å². The highest BCUT2D eigenvalue weighted by atomic mass is 16.1. The number of rotatable bonds is 4. The number of carbonyl (C=O) groups is 1. The fourth-order valence-electron chi connectivity index (χ4n) is 2.33. The van der Waals surface area contributed by atoms with Crippen molar-refractivity contribution in [2.75, 3.05) is 11.9 Å². The van der Waals surface area contributed by atoms with Gasteiger partial charge in [0.05, 0.1) is 11.6 Å². The van der Waals surface area contributed by atoms with Crippen molar-refractivity contribution in [2.24, 2.45) is 0 Å². The maximum absolute atomic E-state index is 11.8. The fourth-order valence-corrected chi connectivity index (χ4v) is 2.33. The van der Waals surface area contributed by atoms with E-state index < -0.39 is 0 Å². The van der Waals surface area contributed by atoms with Gasteiger partial charge in [0.2, 0.25) is 5.91 Å². The molecule has 0 aromatic heterocycles. The highest BCUT2D eigenvalue weighted by molar-refractivity contribution is 5.90. The predicted molar refractivity (Wildman–Crippen MR) is 74.7 cm³/mol. The molecule has 4 nitrogen and oxygen atoms in total. The lowest BCUT2D eigenvalue weighted by molar-refractivity contribution is -0.116. The van der Waals surface area contributed by atoms with Gasteiger partial charge in [-0.05, 0) is 50.1 Å². The van der Waals surface area contributed by atoms with Crippen LogP contribution in [0.25, 0.3) is 0 Å². The fraction of sp³-hybridized carbons (Fsp3) is 0.467. The number of amides is 1. The van der Waals surface area contributed by atoms with Gasteiger partial charge in [-0.1, -0.05) is 6.42 Å². The molecule has 2 N–H and O–H groups in total. The Morgan fingerprint density at radius 2 is 2.16 bits per heavy atom. The van der Waals surface area contributed by atoms with Crippen LogP contribution >= 0.6 is 0 Å². The first-order chi connectivity index (χ1) is 9.28. The maximum atomic E-state index is 11.8. The highest BCUT2D eigenvalue weighted by Crippen LogP contribution is 2.13. The Hall–Kier alpha value is -1.86. The minimum atomic E-state index is 0.0390. The first-order valence-electron chi connectivity index (χ1n) is 6.81. The molecule has 1 aromatic carbocycles. The van der Waals surface area contributed by atoms with E-state index in [1.165, 1.54) is 19.3 Å². The maximum Gasteiger partial charge on any atom is 0.224 e. The van der Waals surface area contributed by atoms with Gasteiger partial charge in [-0.3, -0.25) is 4.79 Å². The molecule has 1 unspecified atom stereocenters. The number of nitriles is 1. The van der Waals surface area contributed by atoms with Crippen LogP contribution in [0.1, 0.15) is 37.7 Å². The number of benzene rings is 1. The average molecular weight is 257 g/mol. The molecular formula is C15H19N3O. The molecule has 0 radical (unpaired) electrons. The lowest BCUT2D eigenvalue weighted by Gasteiger charge is -2.23. The molecule has 4 heteroatoms. The molecule has 1 atom stereocenters. The third kappa shape index (κ3) is 4.38. The molecule has 0 spiro atoms. The molecular weight excluding hydrogens is 238 g/mol. The van der Waals surface area contributed by atoms with Gasteiger partial charge in [-0.15, -0.1) is 0 Å². The van der Waals surface area contributed by atoms with Gasteiger partial charge in [0.25, 0.3) is 0 Å². The standard InChI is InChI=1S/C15H19N3O/c16-11-12-4-6-14(7-5-12)18-15(19)9-8-13-3-1-2-10-17-13/h4-7,13,17H,1-3,8-10H2,(H,18,19). The Bertz CT molecular complexity index is 455. The number of nitrogens with zero attached hydrogens (tertiary/aromatic N) is 1. The zero-order valence-electron chi connectivity index (χ0n) is 11.0. The summed E-state index contributed by atoms with van der Waals surface area (Å²) in [4.78, 5) is 11.8. The highest BCUT2D eigenvalue weighted by Gasteiger charge is 2.13. The summed E-state index contributed by atoms with van der Waals surface area (Å²) in [7, 11) is 0. The normalized spacial score (nSPS) is 18.6. The molecule has 19 heavy (non-hydrogen) atoms. The van der Waals surface area contributed by atoms with Crippen LogP contribution in [0, 0.1) is 11.3 Å². The van der Waals surface area contributed by atoms with Crippen LogP contribution in [0.4, 0.5) is 5.69 Å². The monoisotopic (exact) mass is 257 g/mol. The van der Waals surface area contributed by atoms with Crippen molar-refractivity contribution in [1.29, 1.82) is 5.26 Å². The van der Waals surface area contributed by atoms with Crippen LogP contribution < -0.4 is 10.6 Å². The van der Waals surface area contributed by atoms with E-state index in [2.05, 4.69) is 16.7 Å². The molecule has 0 saturated carbocycles. The van der Waals surface area contributed by atoms with Crippen molar-refractivity contribution >= 4 is 11.6 Å². The average Bonchev–Trinajstić information content (AvgIpc) is 2.47. The summed E-state index contributed by atoms with van der Waals surface area (Å²) in [6.07, 6.45) is 5.10. The van der Waals surface area contributed by atoms with Gasteiger partial charge < -0.3 is 10.6 Å². The second-order valence-electron chi connectivity index (χ2n) is 4.92. The van der Waals surface area contributed by atoms with E-state index in [9.17, 15) is 4.79 Å². The summed E-state index contributed by atoms with van der Waals surface area (Å²) in [6, 6.07) is 9.47. The molecule has 0 aliphatic carbocycles. The molecule has 1 aliphatic rings. The minimum absolute atomic E-state index is 0.0390. The first kappa shape index (κ1) is 13.6. The van der Waals surface area contributed by atoms with Gasteiger partial charge in [0.1, 0.15) is 0 Å². The quantitative estimate of drug-likeness (QED) is 0.870. The molecule has 1 heterocycles. The van der Waals surface area contributed by atoms with Gasteiger partial charge in [-0.25, -0.2) is 0 Å². The zero-order chi connectivity index (χ0) is 13.5. The van der Waals surface area contributed by atoms with Crippen LogP contribution in [-0.4, -0.2) is 18.5 Å². The van der Waals surface area contributed by atoms with Crippen LogP contribution in [0.3, 0.4) is 0 Å². The predicted octanol–water partition coefficient (Wildman–Crippen LogP) is 2.42. The summed E-state index contributed by atoms with van der Waals surface area (Å²) < 4.78 is 0. The minimum Gasteiger partial charge on any atom is -0.326 e. The molecule has 1 aliphatic heterocycles. The van der Waals surface area contributed by atoms with E-state index in [1.54, 1.807) is 24.3 Å². The lowest BCUT2D eigenvalue weighted by Crippen LogP contribution is -2.34. The van der Waals surface area contributed by atoms with Crippen LogP contribution in [0.5, 0.6) is 0 Å². The third-order valence-corrected chi connectivity index (χ3v) is 3.43. The van der Waals surface area contributed by atoms with E-state index in [-0.39, 0.29) is 5.91 Å². The van der Waals surface area contributed by atoms with Crippen molar-refractivity contribution in [3.8, 4) is 6.07 Å². The van der Waals surface area contributed by atoms with Crippen molar-refractivity contribution < 1.29 is 4.79 Å². The Morgan fingerprint density at radius 3 is 2.79 bits per heavy atom. The van der Waals surface area contributed by atoms with Crippen LogP contribution in [0.2, 0.25) is 0 Å². The van der Waals surface area contributed by atoms with E-state index in [0.29, 0.717) is 18.0 Å². The Labute approximate surface area is 113 Å². The largest absolute Gasteiger partial charge is 0.326 e. The summed E-state index contributed by atoms with van der Waals surface area (Å²) in [5.41, 5.74) is 1.35.